The average Bonchev–Trinajstić information content (AvgIpc) is 2.94. The first kappa shape index (κ1) is 16.2. The molecule has 0 aliphatic carbocycles. The lowest BCUT2D eigenvalue weighted by Gasteiger charge is -2.09. The largest absolute Gasteiger partial charge is 0.396 e. The fourth-order valence-electron chi connectivity index (χ4n) is 2.45. The van der Waals surface area contributed by atoms with Crippen molar-refractivity contribution in [3.63, 3.8) is 0 Å². The quantitative estimate of drug-likeness (QED) is 0.529. The summed E-state index contributed by atoms with van der Waals surface area (Å²) in [7, 11) is 0. The van der Waals surface area contributed by atoms with Gasteiger partial charge in [0.2, 0.25) is 5.28 Å². The zero-order valence-electron chi connectivity index (χ0n) is 13.1. The highest BCUT2D eigenvalue weighted by Crippen LogP contribution is 2.38. The smallest absolute Gasteiger partial charge is 0.225 e. The van der Waals surface area contributed by atoms with Gasteiger partial charge in [-0.25, -0.2) is 9.97 Å². The molecule has 1 aromatic carbocycles. The fourth-order valence-corrected chi connectivity index (χ4v) is 3.62. The summed E-state index contributed by atoms with van der Waals surface area (Å²) in [5.74, 6) is 0.725. The highest BCUT2D eigenvalue weighted by atomic mass is 35.5. The van der Waals surface area contributed by atoms with Gasteiger partial charge >= 0.3 is 0 Å². The zero-order valence-corrected chi connectivity index (χ0v) is 14.6. The molecule has 3 aromatic rings. The summed E-state index contributed by atoms with van der Waals surface area (Å²) in [5, 5.41) is 15.5. The Kier molecular flexibility index (Phi) is 4.80. The average molecular weight is 348 g/mol. The lowest BCUT2D eigenvalue weighted by Crippen LogP contribution is -2.06. The monoisotopic (exact) mass is 347 g/mol. The first-order valence-electron chi connectivity index (χ1n) is 7.47. The minimum atomic E-state index is 0.141. The van der Waals surface area contributed by atoms with Gasteiger partial charge in [-0.2, -0.15) is 0 Å². The van der Waals surface area contributed by atoms with E-state index in [1.807, 2.05) is 0 Å². The molecule has 0 unspecified atom stereocenters. The molecule has 120 valence electrons. The molecule has 0 atom stereocenters. The van der Waals surface area contributed by atoms with Crippen LogP contribution in [0.5, 0.6) is 0 Å². The van der Waals surface area contributed by atoms with E-state index in [1.165, 1.54) is 11.1 Å². The van der Waals surface area contributed by atoms with Crippen molar-refractivity contribution in [2.45, 2.75) is 20.3 Å². The second kappa shape index (κ2) is 6.83. The molecule has 23 heavy (non-hydrogen) atoms. The van der Waals surface area contributed by atoms with Crippen LogP contribution in [0.1, 0.15) is 17.5 Å². The van der Waals surface area contributed by atoms with Crippen LogP contribution >= 0.6 is 22.9 Å². The van der Waals surface area contributed by atoms with E-state index in [0.29, 0.717) is 13.0 Å². The van der Waals surface area contributed by atoms with Crippen LogP contribution in [0.25, 0.3) is 21.3 Å². The number of aryl methyl sites for hydroxylation is 2. The van der Waals surface area contributed by atoms with Gasteiger partial charge in [-0.1, -0.05) is 18.2 Å². The molecule has 0 saturated carbocycles. The standard InChI is InChI=1S/C17H18ClN3OS/c1-10-4-5-12(8-11(10)2)13-9-23-16-14(13)15(19-6-3-7-22)20-17(18)21-16/h4-5,8-9,22H,3,6-7H2,1-2H3,(H,19,20,21). The molecule has 0 aliphatic rings. The molecular weight excluding hydrogens is 330 g/mol. The molecule has 4 nitrogen and oxygen atoms in total. The third kappa shape index (κ3) is 3.32. The van der Waals surface area contributed by atoms with Crippen LogP contribution in [-0.4, -0.2) is 28.2 Å². The van der Waals surface area contributed by atoms with Crippen molar-refractivity contribution in [1.82, 2.24) is 9.97 Å². The van der Waals surface area contributed by atoms with E-state index in [9.17, 15) is 0 Å². The maximum atomic E-state index is 8.96. The van der Waals surface area contributed by atoms with Gasteiger partial charge in [-0.15, -0.1) is 11.3 Å². The van der Waals surface area contributed by atoms with Crippen LogP contribution in [0.3, 0.4) is 0 Å². The molecule has 2 heterocycles. The number of aromatic nitrogens is 2. The number of rotatable bonds is 5. The molecule has 0 aliphatic heterocycles. The Bertz CT molecular complexity index is 847. The van der Waals surface area contributed by atoms with Crippen molar-refractivity contribution in [1.29, 1.82) is 0 Å². The van der Waals surface area contributed by atoms with Gasteiger partial charge in [0.1, 0.15) is 10.6 Å². The Balaban J connectivity index is 2.11. The van der Waals surface area contributed by atoms with Gasteiger partial charge in [0.25, 0.3) is 0 Å². The Hall–Kier alpha value is -1.69. The number of thiophene rings is 1. The molecule has 2 aromatic heterocycles. The van der Waals surface area contributed by atoms with Crippen LogP contribution in [0, 0.1) is 13.8 Å². The summed E-state index contributed by atoms with van der Waals surface area (Å²) in [4.78, 5) is 9.54. The number of aliphatic hydroxyl groups is 1. The summed E-state index contributed by atoms with van der Waals surface area (Å²) in [5.41, 5.74) is 4.78. The first-order valence-corrected chi connectivity index (χ1v) is 8.73. The van der Waals surface area contributed by atoms with E-state index in [4.69, 9.17) is 16.7 Å². The van der Waals surface area contributed by atoms with Crippen molar-refractivity contribution in [3.8, 4) is 11.1 Å². The van der Waals surface area contributed by atoms with Crippen LogP contribution in [-0.2, 0) is 0 Å². The van der Waals surface area contributed by atoms with Crippen LogP contribution in [0.15, 0.2) is 23.6 Å². The number of anilines is 1. The van der Waals surface area contributed by atoms with Crippen molar-refractivity contribution in [3.05, 3.63) is 40.0 Å². The maximum absolute atomic E-state index is 8.96. The van der Waals surface area contributed by atoms with Gasteiger partial charge in [-0.3, -0.25) is 0 Å². The van der Waals surface area contributed by atoms with Crippen molar-refractivity contribution in [2.75, 3.05) is 18.5 Å². The molecular formula is C17H18ClN3OS. The third-order valence-electron chi connectivity index (χ3n) is 3.85. The summed E-state index contributed by atoms with van der Waals surface area (Å²) >= 11 is 7.59. The molecule has 0 radical (unpaired) electrons. The van der Waals surface area contributed by atoms with Gasteiger partial charge in [0.15, 0.2) is 0 Å². The van der Waals surface area contributed by atoms with Crippen molar-refractivity contribution < 1.29 is 5.11 Å². The number of halogens is 1. The van der Waals surface area contributed by atoms with E-state index in [2.05, 4.69) is 52.7 Å². The highest BCUT2D eigenvalue weighted by molar-refractivity contribution is 7.17. The summed E-state index contributed by atoms with van der Waals surface area (Å²) in [6.07, 6.45) is 0.659. The second-order valence-corrected chi connectivity index (χ2v) is 6.67. The Morgan fingerprint density at radius 3 is 2.78 bits per heavy atom. The number of fused-ring (bicyclic) bond motifs is 1. The van der Waals surface area contributed by atoms with Crippen LogP contribution < -0.4 is 5.32 Å². The Morgan fingerprint density at radius 2 is 2.04 bits per heavy atom. The summed E-state index contributed by atoms with van der Waals surface area (Å²) < 4.78 is 0. The van der Waals surface area contributed by atoms with Gasteiger partial charge in [0.05, 0.1) is 5.39 Å². The normalized spacial score (nSPS) is 11.1. The Morgan fingerprint density at radius 1 is 1.22 bits per heavy atom. The lowest BCUT2D eigenvalue weighted by molar-refractivity contribution is 0.292. The summed E-state index contributed by atoms with van der Waals surface area (Å²) in [6.45, 7) is 5.00. The number of nitrogens with zero attached hydrogens (tertiary/aromatic N) is 2. The van der Waals surface area contributed by atoms with E-state index >= 15 is 0 Å². The fraction of sp³-hybridized carbons (Fsp3) is 0.294. The predicted octanol–water partition coefficient (Wildman–Crippen LogP) is 4.42. The highest BCUT2D eigenvalue weighted by Gasteiger charge is 2.15. The SMILES string of the molecule is Cc1ccc(-c2csc3nc(Cl)nc(NCCCO)c23)cc1C. The molecule has 0 saturated heterocycles. The molecule has 0 amide bonds. The molecule has 6 heteroatoms. The van der Waals surface area contributed by atoms with Crippen molar-refractivity contribution >= 4 is 39.0 Å². The second-order valence-electron chi connectivity index (χ2n) is 5.47. The topological polar surface area (TPSA) is 58.0 Å². The number of aliphatic hydroxyl groups excluding tert-OH is 1. The van der Waals surface area contributed by atoms with Crippen molar-refractivity contribution in [2.24, 2.45) is 0 Å². The molecule has 3 rings (SSSR count). The maximum Gasteiger partial charge on any atom is 0.225 e. The minimum absolute atomic E-state index is 0.141. The molecule has 2 N–H and O–H groups in total. The number of hydrogen-bond acceptors (Lipinski definition) is 5. The van der Waals surface area contributed by atoms with Crippen LogP contribution in [0.2, 0.25) is 5.28 Å². The third-order valence-corrected chi connectivity index (χ3v) is 4.89. The van der Waals surface area contributed by atoms with E-state index in [0.717, 1.165) is 27.2 Å². The minimum Gasteiger partial charge on any atom is -0.396 e. The lowest BCUT2D eigenvalue weighted by atomic mass is 10.0. The number of hydrogen-bond donors (Lipinski definition) is 2. The van der Waals surface area contributed by atoms with E-state index in [1.54, 1.807) is 11.3 Å². The Labute approximate surface area is 144 Å². The predicted molar refractivity (Wildman–Crippen MR) is 97.5 cm³/mol. The molecule has 0 spiro atoms. The number of benzene rings is 1. The van der Waals surface area contributed by atoms with Gasteiger partial charge < -0.3 is 10.4 Å². The van der Waals surface area contributed by atoms with E-state index < -0.39 is 0 Å². The summed E-state index contributed by atoms with van der Waals surface area (Å²) in [6, 6.07) is 6.43. The van der Waals surface area contributed by atoms with Crippen LogP contribution in [0.4, 0.5) is 5.82 Å². The number of nitrogens with one attached hydrogen (secondary N) is 1. The molecule has 0 bridgehead atoms. The van der Waals surface area contributed by atoms with E-state index in [-0.39, 0.29) is 11.9 Å². The zero-order chi connectivity index (χ0) is 16.4. The van der Waals surface area contributed by atoms with Gasteiger partial charge in [0, 0.05) is 24.1 Å². The molecule has 0 fully saturated rings. The van der Waals surface area contributed by atoms with Gasteiger partial charge in [-0.05, 0) is 48.6 Å². The first-order chi connectivity index (χ1) is 11.1.